The maximum atomic E-state index is 14.3. The molecule has 0 amide bonds. The first-order valence-corrected chi connectivity index (χ1v) is 8.34. The highest BCUT2D eigenvalue weighted by molar-refractivity contribution is 5.50. The highest BCUT2D eigenvalue weighted by atomic mass is 19.1. The van der Waals surface area contributed by atoms with Gasteiger partial charge in [-0.2, -0.15) is 0 Å². The van der Waals surface area contributed by atoms with Crippen molar-refractivity contribution in [2.24, 2.45) is 0 Å². The zero-order valence-corrected chi connectivity index (χ0v) is 13.9. The summed E-state index contributed by atoms with van der Waals surface area (Å²) in [5.41, 5.74) is 3.03. The minimum Gasteiger partial charge on any atom is -0.392 e. The second-order valence-corrected chi connectivity index (χ2v) is 6.15. The van der Waals surface area contributed by atoms with Crippen LogP contribution in [0.25, 0.3) is 0 Å². The van der Waals surface area contributed by atoms with Crippen LogP contribution in [0.15, 0.2) is 36.5 Å². The molecule has 1 N–H and O–H groups in total. The Balaban J connectivity index is 1.55. The van der Waals surface area contributed by atoms with E-state index in [0.717, 1.165) is 37.2 Å². The SMILES string of the molecule is Cc1ncccc1COC1CCN(c2cccc(CO)c2F)CC1. The van der Waals surface area contributed by atoms with E-state index in [0.29, 0.717) is 17.9 Å². The van der Waals surface area contributed by atoms with Gasteiger partial charge in [0.15, 0.2) is 5.82 Å². The van der Waals surface area contributed by atoms with Gasteiger partial charge in [-0.1, -0.05) is 18.2 Å². The first kappa shape index (κ1) is 16.9. The summed E-state index contributed by atoms with van der Waals surface area (Å²) < 4.78 is 20.3. The van der Waals surface area contributed by atoms with Crippen LogP contribution in [-0.2, 0) is 18.0 Å². The maximum Gasteiger partial charge on any atom is 0.151 e. The molecule has 1 fully saturated rings. The van der Waals surface area contributed by atoms with Crippen LogP contribution in [0.1, 0.15) is 29.7 Å². The van der Waals surface area contributed by atoms with Crippen molar-refractivity contribution >= 4 is 5.69 Å². The van der Waals surface area contributed by atoms with Gasteiger partial charge in [0.05, 0.1) is 25.0 Å². The molecule has 1 saturated heterocycles. The smallest absolute Gasteiger partial charge is 0.151 e. The lowest BCUT2D eigenvalue weighted by Gasteiger charge is -2.34. The van der Waals surface area contributed by atoms with Gasteiger partial charge in [-0.25, -0.2) is 4.39 Å². The molecule has 24 heavy (non-hydrogen) atoms. The Labute approximate surface area is 141 Å². The number of aryl methyl sites for hydroxylation is 1. The summed E-state index contributed by atoms with van der Waals surface area (Å²) in [5, 5.41) is 9.20. The fraction of sp³-hybridized carbons (Fsp3) is 0.421. The minimum absolute atomic E-state index is 0.185. The van der Waals surface area contributed by atoms with Crippen LogP contribution in [0.4, 0.5) is 10.1 Å². The van der Waals surface area contributed by atoms with Gasteiger partial charge in [0.25, 0.3) is 0 Å². The van der Waals surface area contributed by atoms with Crippen molar-refractivity contribution in [3.05, 3.63) is 59.2 Å². The average molecular weight is 330 g/mol. The molecule has 0 radical (unpaired) electrons. The minimum atomic E-state index is -0.314. The Bertz CT molecular complexity index is 685. The topological polar surface area (TPSA) is 45.6 Å². The first-order chi connectivity index (χ1) is 11.7. The summed E-state index contributed by atoms with van der Waals surface area (Å²) in [6.07, 6.45) is 3.70. The second-order valence-electron chi connectivity index (χ2n) is 6.15. The number of hydrogen-bond acceptors (Lipinski definition) is 4. The van der Waals surface area contributed by atoms with Crippen molar-refractivity contribution < 1.29 is 14.2 Å². The number of hydrogen-bond donors (Lipinski definition) is 1. The van der Waals surface area contributed by atoms with Crippen molar-refractivity contribution in [1.82, 2.24) is 4.98 Å². The molecule has 4 nitrogen and oxygen atoms in total. The van der Waals surface area contributed by atoms with Gasteiger partial charge < -0.3 is 14.7 Å². The predicted octanol–water partition coefficient (Wildman–Crippen LogP) is 3.21. The zero-order chi connectivity index (χ0) is 16.9. The summed E-state index contributed by atoms with van der Waals surface area (Å²) in [6, 6.07) is 9.13. The zero-order valence-electron chi connectivity index (χ0n) is 13.9. The van der Waals surface area contributed by atoms with E-state index in [2.05, 4.69) is 4.98 Å². The molecule has 1 aliphatic heterocycles. The number of rotatable bonds is 5. The Morgan fingerprint density at radius 2 is 1.96 bits per heavy atom. The molecular weight excluding hydrogens is 307 g/mol. The number of nitrogens with zero attached hydrogens (tertiary/aromatic N) is 2. The lowest BCUT2D eigenvalue weighted by atomic mass is 10.1. The molecule has 1 aromatic carbocycles. The molecule has 0 atom stereocenters. The molecule has 5 heteroatoms. The fourth-order valence-corrected chi connectivity index (χ4v) is 3.07. The highest BCUT2D eigenvalue weighted by Gasteiger charge is 2.22. The first-order valence-electron chi connectivity index (χ1n) is 8.34. The van der Waals surface area contributed by atoms with Gasteiger partial charge in [0.1, 0.15) is 0 Å². The normalized spacial score (nSPS) is 15.7. The summed E-state index contributed by atoms with van der Waals surface area (Å²) in [5.74, 6) is -0.314. The quantitative estimate of drug-likeness (QED) is 0.914. The third-order valence-corrected chi connectivity index (χ3v) is 4.60. The maximum absolute atomic E-state index is 14.3. The molecule has 0 spiro atoms. The summed E-state index contributed by atoms with van der Waals surface area (Å²) in [6.45, 7) is 3.78. The molecule has 0 aliphatic carbocycles. The van der Waals surface area contributed by atoms with E-state index in [4.69, 9.17) is 4.74 Å². The molecule has 3 rings (SSSR count). The van der Waals surface area contributed by atoms with Gasteiger partial charge in [-0.05, 0) is 37.5 Å². The Morgan fingerprint density at radius 1 is 1.21 bits per heavy atom. The lowest BCUT2D eigenvalue weighted by Crippen LogP contribution is -2.37. The van der Waals surface area contributed by atoms with Crippen LogP contribution in [0.3, 0.4) is 0 Å². The van der Waals surface area contributed by atoms with Gasteiger partial charge in [0.2, 0.25) is 0 Å². The van der Waals surface area contributed by atoms with Gasteiger partial charge in [-0.3, -0.25) is 4.98 Å². The number of aliphatic hydroxyl groups is 1. The number of anilines is 1. The molecule has 1 aliphatic rings. The van der Waals surface area contributed by atoms with Crippen LogP contribution in [0, 0.1) is 12.7 Å². The van der Waals surface area contributed by atoms with Crippen molar-refractivity contribution in [1.29, 1.82) is 0 Å². The van der Waals surface area contributed by atoms with Crippen molar-refractivity contribution in [2.75, 3.05) is 18.0 Å². The van der Waals surface area contributed by atoms with E-state index < -0.39 is 0 Å². The predicted molar refractivity (Wildman–Crippen MR) is 91.3 cm³/mol. The van der Waals surface area contributed by atoms with E-state index in [9.17, 15) is 9.50 Å². The highest BCUT2D eigenvalue weighted by Crippen LogP contribution is 2.26. The number of aliphatic hydroxyl groups excluding tert-OH is 1. The van der Waals surface area contributed by atoms with E-state index >= 15 is 0 Å². The third kappa shape index (κ3) is 3.74. The van der Waals surface area contributed by atoms with Gasteiger partial charge >= 0.3 is 0 Å². The summed E-state index contributed by atoms with van der Waals surface area (Å²) >= 11 is 0. The lowest BCUT2D eigenvalue weighted by molar-refractivity contribution is 0.0247. The van der Waals surface area contributed by atoms with Gasteiger partial charge in [-0.15, -0.1) is 0 Å². The fourth-order valence-electron chi connectivity index (χ4n) is 3.07. The molecule has 0 saturated carbocycles. The number of ether oxygens (including phenoxy) is 1. The Morgan fingerprint density at radius 3 is 2.67 bits per heavy atom. The van der Waals surface area contributed by atoms with E-state index in [1.165, 1.54) is 0 Å². The molecule has 2 aromatic rings. The second kappa shape index (κ2) is 7.73. The van der Waals surface area contributed by atoms with Crippen LogP contribution >= 0.6 is 0 Å². The molecule has 2 heterocycles. The van der Waals surface area contributed by atoms with E-state index in [-0.39, 0.29) is 18.5 Å². The van der Waals surface area contributed by atoms with Crippen molar-refractivity contribution in [3.8, 4) is 0 Å². The van der Waals surface area contributed by atoms with Crippen molar-refractivity contribution in [3.63, 3.8) is 0 Å². The van der Waals surface area contributed by atoms with Crippen LogP contribution in [0.2, 0.25) is 0 Å². The van der Waals surface area contributed by atoms with E-state index in [1.807, 2.05) is 24.0 Å². The number of piperidine rings is 1. The average Bonchev–Trinajstić information content (AvgIpc) is 2.62. The third-order valence-electron chi connectivity index (χ3n) is 4.60. The number of benzene rings is 1. The monoisotopic (exact) mass is 330 g/mol. The number of pyridine rings is 1. The molecule has 128 valence electrons. The summed E-state index contributed by atoms with van der Waals surface area (Å²) in [4.78, 5) is 6.30. The Kier molecular flexibility index (Phi) is 5.43. The number of aromatic nitrogens is 1. The molecular formula is C19H23FN2O2. The van der Waals surface area contributed by atoms with Crippen LogP contribution in [-0.4, -0.2) is 29.3 Å². The standard InChI is InChI=1S/C19H23FN2O2/c1-14-16(5-3-9-21-14)13-24-17-7-10-22(11-8-17)18-6-2-4-15(12-23)19(18)20/h2-6,9,17,23H,7-8,10-13H2,1H3. The van der Waals surface area contributed by atoms with Crippen LogP contribution < -0.4 is 4.90 Å². The Hall–Kier alpha value is -1.98. The van der Waals surface area contributed by atoms with E-state index in [1.54, 1.807) is 24.4 Å². The van der Waals surface area contributed by atoms with Gasteiger partial charge in [0, 0.05) is 30.5 Å². The molecule has 0 bridgehead atoms. The van der Waals surface area contributed by atoms with Crippen molar-refractivity contribution in [2.45, 2.75) is 39.1 Å². The largest absolute Gasteiger partial charge is 0.392 e. The molecule has 0 unspecified atom stereocenters. The summed E-state index contributed by atoms with van der Waals surface area (Å²) in [7, 11) is 0. The van der Waals surface area contributed by atoms with Crippen LogP contribution in [0.5, 0.6) is 0 Å². The number of halogens is 1. The molecule has 1 aromatic heterocycles.